The zero-order valence-corrected chi connectivity index (χ0v) is 17.1. The highest BCUT2D eigenvalue weighted by Crippen LogP contribution is 2.26. The van der Waals surface area contributed by atoms with Crippen LogP contribution in [0, 0.1) is 0 Å². The average molecular weight is 416 g/mol. The number of hydrogen-bond donors (Lipinski definition) is 2. The summed E-state index contributed by atoms with van der Waals surface area (Å²) in [5, 5.41) is 9.14. The van der Waals surface area contributed by atoms with Crippen LogP contribution < -0.4 is 15.6 Å². The van der Waals surface area contributed by atoms with Crippen molar-refractivity contribution in [3.63, 3.8) is 0 Å². The first-order valence-corrected chi connectivity index (χ1v) is 10.7. The summed E-state index contributed by atoms with van der Waals surface area (Å²) in [6.07, 6.45) is 1.68. The monoisotopic (exact) mass is 415 g/mol. The van der Waals surface area contributed by atoms with Crippen molar-refractivity contribution in [3.05, 3.63) is 41.3 Å². The van der Waals surface area contributed by atoms with Crippen LogP contribution in [0.4, 0.5) is 10.1 Å². The Morgan fingerprint density at radius 3 is 2.89 bits per heavy atom. The molecule has 2 aromatic heterocycles. The maximum absolute atomic E-state index is 12.3. The Morgan fingerprint density at radius 2 is 2.07 bits per heavy atom. The summed E-state index contributed by atoms with van der Waals surface area (Å²) in [7, 11) is 0. The number of nitrogens with zero attached hydrogens (tertiary/aromatic N) is 3. The molecule has 1 atom stereocenters. The van der Waals surface area contributed by atoms with E-state index >= 15 is 0 Å². The van der Waals surface area contributed by atoms with Gasteiger partial charge in [0, 0.05) is 18.0 Å². The van der Waals surface area contributed by atoms with Crippen LogP contribution >= 0.6 is 22.7 Å². The number of hydrazone groups is 1. The Hall–Kier alpha value is -2.49. The SMILES string of the molecule is C[C@@H](Nc1nc2ccccc2s1)C(=O)N/N=C\c1ccc(N2CCOCC2)s1. The molecule has 1 aliphatic heterocycles. The van der Waals surface area contributed by atoms with Crippen LogP contribution in [0.2, 0.25) is 0 Å². The Kier molecular flexibility index (Phi) is 5.84. The van der Waals surface area contributed by atoms with E-state index in [9.17, 15) is 4.79 Å². The molecule has 28 heavy (non-hydrogen) atoms. The fourth-order valence-electron chi connectivity index (χ4n) is 2.81. The number of para-hydroxylation sites is 1. The second kappa shape index (κ2) is 8.68. The number of fused-ring (bicyclic) bond motifs is 1. The zero-order valence-electron chi connectivity index (χ0n) is 15.4. The molecule has 0 saturated carbocycles. The second-order valence-electron chi connectivity index (χ2n) is 6.36. The third kappa shape index (κ3) is 4.49. The highest BCUT2D eigenvalue weighted by Gasteiger charge is 2.15. The molecular weight excluding hydrogens is 394 g/mol. The van der Waals surface area contributed by atoms with E-state index in [1.165, 1.54) is 16.3 Å². The molecule has 3 heterocycles. The molecule has 0 bridgehead atoms. The van der Waals surface area contributed by atoms with Crippen molar-refractivity contribution < 1.29 is 9.53 Å². The van der Waals surface area contributed by atoms with Gasteiger partial charge in [-0.2, -0.15) is 5.10 Å². The molecule has 9 heteroatoms. The highest BCUT2D eigenvalue weighted by molar-refractivity contribution is 7.22. The molecule has 1 fully saturated rings. The molecule has 0 radical (unpaired) electrons. The minimum Gasteiger partial charge on any atom is -0.378 e. The maximum atomic E-state index is 12.3. The first-order chi connectivity index (χ1) is 13.7. The molecule has 146 valence electrons. The lowest BCUT2D eigenvalue weighted by atomic mass is 10.3. The summed E-state index contributed by atoms with van der Waals surface area (Å²) in [6, 6.07) is 11.5. The van der Waals surface area contributed by atoms with Crippen LogP contribution in [0.3, 0.4) is 0 Å². The molecule has 0 spiro atoms. The number of carbonyl (C=O) groups is 1. The largest absolute Gasteiger partial charge is 0.378 e. The Labute approximate surface area is 171 Å². The quantitative estimate of drug-likeness (QED) is 0.478. The van der Waals surface area contributed by atoms with Gasteiger partial charge in [0.05, 0.1) is 34.6 Å². The number of carbonyl (C=O) groups excluding carboxylic acids is 1. The first-order valence-electron chi connectivity index (χ1n) is 9.06. The molecule has 2 N–H and O–H groups in total. The van der Waals surface area contributed by atoms with E-state index in [2.05, 4.69) is 31.8 Å². The number of nitrogens with one attached hydrogen (secondary N) is 2. The first kappa shape index (κ1) is 18.9. The number of thiophene rings is 1. The number of benzene rings is 1. The standard InChI is InChI=1S/C19H21N5O2S2/c1-13(21-19-22-15-4-2-3-5-16(15)28-19)18(25)23-20-12-14-6-7-17(27-14)24-8-10-26-11-9-24/h2-7,12-13H,8-11H2,1H3,(H,21,22)(H,23,25)/b20-12-/t13-/m1/s1. The summed E-state index contributed by atoms with van der Waals surface area (Å²) >= 11 is 3.18. The van der Waals surface area contributed by atoms with Gasteiger partial charge in [-0.1, -0.05) is 23.5 Å². The van der Waals surface area contributed by atoms with Crippen LogP contribution in [0.15, 0.2) is 41.5 Å². The predicted molar refractivity (Wildman–Crippen MR) is 116 cm³/mol. The molecule has 4 rings (SSSR count). The molecule has 7 nitrogen and oxygen atoms in total. The van der Waals surface area contributed by atoms with E-state index in [1.807, 2.05) is 30.3 Å². The van der Waals surface area contributed by atoms with Gasteiger partial charge in [0.2, 0.25) is 0 Å². The number of thiazole rings is 1. The van der Waals surface area contributed by atoms with Crippen LogP contribution in [0.5, 0.6) is 0 Å². The molecule has 1 amide bonds. The fraction of sp³-hybridized carbons (Fsp3) is 0.316. The van der Waals surface area contributed by atoms with E-state index in [0.29, 0.717) is 0 Å². The highest BCUT2D eigenvalue weighted by atomic mass is 32.1. The molecule has 0 unspecified atom stereocenters. The summed E-state index contributed by atoms with van der Waals surface area (Å²) < 4.78 is 6.47. The third-order valence-electron chi connectivity index (χ3n) is 4.33. The van der Waals surface area contributed by atoms with Gasteiger partial charge in [0.1, 0.15) is 6.04 Å². The lowest BCUT2D eigenvalue weighted by Gasteiger charge is -2.27. The number of anilines is 2. The van der Waals surface area contributed by atoms with Crippen LogP contribution in [-0.4, -0.2) is 49.5 Å². The lowest BCUT2D eigenvalue weighted by molar-refractivity contribution is -0.121. The summed E-state index contributed by atoms with van der Waals surface area (Å²) in [4.78, 5) is 20.1. The van der Waals surface area contributed by atoms with Gasteiger partial charge in [-0.3, -0.25) is 4.79 Å². The van der Waals surface area contributed by atoms with Crippen LogP contribution in [-0.2, 0) is 9.53 Å². The number of aromatic nitrogens is 1. The van der Waals surface area contributed by atoms with Crippen molar-refractivity contribution in [3.8, 4) is 0 Å². The van der Waals surface area contributed by atoms with Gasteiger partial charge in [-0.25, -0.2) is 10.4 Å². The zero-order chi connectivity index (χ0) is 19.3. The summed E-state index contributed by atoms with van der Waals surface area (Å²) in [5.41, 5.74) is 3.52. The Balaban J connectivity index is 1.30. The topological polar surface area (TPSA) is 78.8 Å². The molecule has 0 aliphatic carbocycles. The van der Waals surface area contributed by atoms with Crippen molar-refractivity contribution in [1.29, 1.82) is 0 Å². The van der Waals surface area contributed by atoms with Gasteiger partial charge in [0.25, 0.3) is 5.91 Å². The predicted octanol–water partition coefficient (Wildman–Crippen LogP) is 3.15. The van der Waals surface area contributed by atoms with E-state index in [0.717, 1.165) is 46.5 Å². The van der Waals surface area contributed by atoms with Gasteiger partial charge < -0.3 is 15.0 Å². The molecule has 1 aliphatic rings. The van der Waals surface area contributed by atoms with E-state index < -0.39 is 6.04 Å². The molecular formula is C19H21N5O2S2. The number of amides is 1. The minimum atomic E-state index is -0.440. The Bertz CT molecular complexity index is 945. The van der Waals surface area contributed by atoms with Crippen LogP contribution in [0.25, 0.3) is 10.2 Å². The van der Waals surface area contributed by atoms with Crippen molar-refractivity contribution in [1.82, 2.24) is 10.4 Å². The van der Waals surface area contributed by atoms with Crippen molar-refractivity contribution in [2.45, 2.75) is 13.0 Å². The summed E-state index contributed by atoms with van der Waals surface area (Å²) in [6.45, 7) is 5.12. The summed E-state index contributed by atoms with van der Waals surface area (Å²) in [5.74, 6) is -0.208. The minimum absolute atomic E-state index is 0.208. The molecule has 3 aromatic rings. The van der Waals surface area contributed by atoms with Crippen LogP contribution in [0.1, 0.15) is 11.8 Å². The van der Waals surface area contributed by atoms with Gasteiger partial charge in [-0.15, -0.1) is 11.3 Å². The molecule has 1 aromatic carbocycles. The van der Waals surface area contributed by atoms with Crippen molar-refractivity contribution in [2.75, 3.05) is 36.5 Å². The second-order valence-corrected chi connectivity index (χ2v) is 8.49. The fourth-order valence-corrected chi connectivity index (χ4v) is 4.69. The number of morpholine rings is 1. The van der Waals surface area contributed by atoms with E-state index in [4.69, 9.17) is 4.74 Å². The number of hydrogen-bond acceptors (Lipinski definition) is 8. The average Bonchev–Trinajstić information content (AvgIpc) is 3.35. The van der Waals surface area contributed by atoms with Gasteiger partial charge in [0.15, 0.2) is 5.13 Å². The maximum Gasteiger partial charge on any atom is 0.262 e. The Morgan fingerprint density at radius 1 is 1.25 bits per heavy atom. The number of ether oxygens (including phenoxy) is 1. The van der Waals surface area contributed by atoms with Gasteiger partial charge >= 0.3 is 0 Å². The molecule has 1 saturated heterocycles. The normalized spacial score (nSPS) is 15.8. The van der Waals surface area contributed by atoms with Gasteiger partial charge in [-0.05, 0) is 31.2 Å². The smallest absolute Gasteiger partial charge is 0.262 e. The van der Waals surface area contributed by atoms with Crippen molar-refractivity contribution in [2.24, 2.45) is 5.10 Å². The van der Waals surface area contributed by atoms with Crippen molar-refractivity contribution >= 4 is 55.1 Å². The van der Waals surface area contributed by atoms with E-state index in [-0.39, 0.29) is 5.91 Å². The lowest BCUT2D eigenvalue weighted by Crippen LogP contribution is -2.35. The third-order valence-corrected chi connectivity index (χ3v) is 6.38. The van der Waals surface area contributed by atoms with E-state index in [1.54, 1.807) is 24.5 Å². The number of rotatable bonds is 6.